The van der Waals surface area contributed by atoms with Gasteiger partial charge in [-0.3, -0.25) is 14.2 Å². The number of benzene rings is 2. The summed E-state index contributed by atoms with van der Waals surface area (Å²) in [5, 5.41) is 0. The molecule has 0 aliphatic rings. The van der Waals surface area contributed by atoms with Crippen LogP contribution < -0.4 is 15.2 Å². The molecular weight excluding hydrogens is 310 g/mol. The molecule has 4 nitrogen and oxygen atoms in total. The molecule has 23 heavy (non-hydrogen) atoms. The number of ether oxygens (including phenoxy) is 1. The number of aromatic nitrogens is 1. The quantitative estimate of drug-likeness (QED) is 0.741. The highest BCUT2D eigenvalue weighted by atomic mass is 32.1. The molecule has 0 aliphatic carbocycles. The van der Waals surface area contributed by atoms with Crippen LogP contribution in [0.25, 0.3) is 10.4 Å². The van der Waals surface area contributed by atoms with Crippen LogP contribution in [0.5, 0.6) is 5.75 Å². The molecule has 0 atom stereocenters. The Hall–Kier alpha value is -2.66. The highest BCUT2D eigenvalue weighted by Crippen LogP contribution is 2.19. The Morgan fingerprint density at radius 3 is 2.30 bits per heavy atom. The lowest BCUT2D eigenvalue weighted by atomic mass is 10.2. The molecular formula is C18H15NO3S. The van der Waals surface area contributed by atoms with Crippen LogP contribution in [-0.2, 0) is 6.54 Å². The molecule has 0 bridgehead atoms. The standard InChI is InChI=1S/C18H15NO3S/c1-22-15-9-7-13(8-10-15)12-19-17(20)11-16(23-18(19)21)14-5-3-2-4-6-14/h2-11H,12H2,1H3. The van der Waals surface area contributed by atoms with Crippen LogP contribution in [0.4, 0.5) is 0 Å². The smallest absolute Gasteiger partial charge is 0.310 e. The molecule has 1 heterocycles. The average molecular weight is 325 g/mol. The van der Waals surface area contributed by atoms with Crippen molar-refractivity contribution in [2.75, 3.05) is 7.11 Å². The molecule has 2 aromatic carbocycles. The zero-order chi connectivity index (χ0) is 16.2. The summed E-state index contributed by atoms with van der Waals surface area (Å²) in [7, 11) is 1.60. The van der Waals surface area contributed by atoms with Crippen molar-refractivity contribution in [2.45, 2.75) is 6.54 Å². The highest BCUT2D eigenvalue weighted by molar-refractivity contribution is 7.12. The van der Waals surface area contributed by atoms with E-state index in [0.717, 1.165) is 28.2 Å². The van der Waals surface area contributed by atoms with Gasteiger partial charge in [-0.05, 0) is 23.3 Å². The predicted octanol–water partition coefficient (Wildman–Crippen LogP) is 2.99. The summed E-state index contributed by atoms with van der Waals surface area (Å²) in [6.07, 6.45) is 0. The van der Waals surface area contributed by atoms with Gasteiger partial charge in [0.1, 0.15) is 5.75 Å². The summed E-state index contributed by atoms with van der Waals surface area (Å²) < 4.78 is 6.35. The molecule has 0 aliphatic heterocycles. The van der Waals surface area contributed by atoms with E-state index >= 15 is 0 Å². The van der Waals surface area contributed by atoms with Gasteiger partial charge in [-0.25, -0.2) is 0 Å². The Morgan fingerprint density at radius 2 is 1.70 bits per heavy atom. The third-order valence-electron chi connectivity index (χ3n) is 3.50. The zero-order valence-corrected chi connectivity index (χ0v) is 13.4. The van der Waals surface area contributed by atoms with Crippen molar-refractivity contribution in [1.82, 2.24) is 4.57 Å². The van der Waals surface area contributed by atoms with Gasteiger partial charge in [0.15, 0.2) is 0 Å². The molecule has 0 fully saturated rings. The summed E-state index contributed by atoms with van der Waals surface area (Å²) in [5.41, 5.74) is 1.47. The fourth-order valence-corrected chi connectivity index (χ4v) is 3.13. The SMILES string of the molecule is COc1ccc(Cn2c(=O)cc(-c3ccccc3)sc2=O)cc1. The molecule has 0 spiro atoms. The first kappa shape index (κ1) is 15.2. The maximum atomic E-state index is 12.3. The molecule has 116 valence electrons. The van der Waals surface area contributed by atoms with E-state index in [1.807, 2.05) is 54.6 Å². The fourth-order valence-electron chi connectivity index (χ4n) is 2.26. The molecule has 0 saturated heterocycles. The summed E-state index contributed by atoms with van der Waals surface area (Å²) in [4.78, 5) is 25.1. The van der Waals surface area contributed by atoms with Crippen LogP contribution in [0.1, 0.15) is 5.56 Å². The van der Waals surface area contributed by atoms with Gasteiger partial charge in [-0.15, -0.1) is 0 Å². The van der Waals surface area contributed by atoms with Crippen LogP contribution in [0.3, 0.4) is 0 Å². The number of rotatable bonds is 4. The van der Waals surface area contributed by atoms with Crippen molar-refractivity contribution >= 4 is 11.3 Å². The van der Waals surface area contributed by atoms with Gasteiger partial charge in [-0.2, -0.15) is 0 Å². The number of hydrogen-bond donors (Lipinski definition) is 0. The van der Waals surface area contributed by atoms with E-state index in [-0.39, 0.29) is 17.0 Å². The maximum absolute atomic E-state index is 12.3. The van der Waals surface area contributed by atoms with E-state index in [0.29, 0.717) is 4.88 Å². The van der Waals surface area contributed by atoms with Gasteiger partial charge in [0.2, 0.25) is 0 Å². The molecule has 3 rings (SSSR count). The topological polar surface area (TPSA) is 48.3 Å². The van der Waals surface area contributed by atoms with Crippen molar-refractivity contribution in [3.63, 3.8) is 0 Å². The average Bonchev–Trinajstić information content (AvgIpc) is 2.59. The van der Waals surface area contributed by atoms with Crippen molar-refractivity contribution in [2.24, 2.45) is 0 Å². The third-order valence-corrected chi connectivity index (χ3v) is 4.46. The van der Waals surface area contributed by atoms with Gasteiger partial charge < -0.3 is 4.74 Å². The number of nitrogens with zero attached hydrogens (tertiary/aromatic N) is 1. The minimum absolute atomic E-state index is 0.257. The monoisotopic (exact) mass is 325 g/mol. The second kappa shape index (κ2) is 6.62. The van der Waals surface area contributed by atoms with Crippen molar-refractivity contribution in [3.05, 3.63) is 86.2 Å². The molecule has 0 amide bonds. The van der Waals surface area contributed by atoms with Crippen LogP contribution in [-0.4, -0.2) is 11.7 Å². The maximum Gasteiger partial charge on any atom is 0.310 e. The lowest BCUT2D eigenvalue weighted by Gasteiger charge is -2.07. The van der Waals surface area contributed by atoms with Crippen LogP contribution in [0.15, 0.2) is 70.3 Å². The lowest BCUT2D eigenvalue weighted by Crippen LogP contribution is -2.30. The van der Waals surface area contributed by atoms with E-state index in [4.69, 9.17) is 4.74 Å². The van der Waals surface area contributed by atoms with E-state index < -0.39 is 0 Å². The molecule has 1 aromatic heterocycles. The van der Waals surface area contributed by atoms with Crippen LogP contribution >= 0.6 is 11.3 Å². The van der Waals surface area contributed by atoms with Gasteiger partial charge in [0.05, 0.1) is 13.7 Å². The normalized spacial score (nSPS) is 10.5. The minimum Gasteiger partial charge on any atom is -0.497 e. The largest absolute Gasteiger partial charge is 0.497 e. The summed E-state index contributed by atoms with van der Waals surface area (Å²) in [6, 6.07) is 18.3. The Bertz CT molecular complexity index is 880. The Balaban J connectivity index is 1.94. The molecule has 0 saturated carbocycles. The van der Waals surface area contributed by atoms with Gasteiger partial charge in [0, 0.05) is 10.9 Å². The van der Waals surface area contributed by atoms with E-state index in [1.54, 1.807) is 7.11 Å². The Morgan fingerprint density at radius 1 is 1.00 bits per heavy atom. The zero-order valence-electron chi connectivity index (χ0n) is 12.6. The first-order valence-electron chi connectivity index (χ1n) is 7.11. The van der Waals surface area contributed by atoms with Gasteiger partial charge in [0.25, 0.3) is 5.56 Å². The van der Waals surface area contributed by atoms with E-state index in [1.165, 1.54) is 10.6 Å². The highest BCUT2D eigenvalue weighted by Gasteiger charge is 2.08. The minimum atomic E-state index is -0.288. The first-order chi connectivity index (χ1) is 11.2. The van der Waals surface area contributed by atoms with Gasteiger partial charge in [-0.1, -0.05) is 53.8 Å². The molecule has 0 radical (unpaired) electrons. The fraction of sp³-hybridized carbons (Fsp3) is 0.111. The first-order valence-corrected chi connectivity index (χ1v) is 7.92. The lowest BCUT2D eigenvalue weighted by molar-refractivity contribution is 0.414. The summed E-state index contributed by atoms with van der Waals surface area (Å²) in [6.45, 7) is 0.257. The predicted molar refractivity (Wildman–Crippen MR) is 92.4 cm³/mol. The Kier molecular flexibility index (Phi) is 4.39. The molecule has 3 aromatic rings. The second-order valence-corrected chi connectivity index (χ2v) is 6.01. The van der Waals surface area contributed by atoms with Crippen molar-refractivity contribution < 1.29 is 4.74 Å². The second-order valence-electron chi connectivity index (χ2n) is 5.02. The van der Waals surface area contributed by atoms with Gasteiger partial charge >= 0.3 is 4.87 Å². The van der Waals surface area contributed by atoms with E-state index in [2.05, 4.69) is 0 Å². The van der Waals surface area contributed by atoms with Crippen LogP contribution in [0, 0.1) is 0 Å². The van der Waals surface area contributed by atoms with Crippen molar-refractivity contribution in [1.29, 1.82) is 0 Å². The third kappa shape index (κ3) is 3.40. The number of hydrogen-bond acceptors (Lipinski definition) is 4. The van der Waals surface area contributed by atoms with Crippen molar-refractivity contribution in [3.8, 4) is 16.2 Å². The molecule has 0 unspecified atom stereocenters. The summed E-state index contributed by atoms with van der Waals surface area (Å²) in [5.74, 6) is 0.741. The summed E-state index contributed by atoms with van der Waals surface area (Å²) >= 11 is 1.08. The Labute approximate surface area is 137 Å². The van der Waals surface area contributed by atoms with E-state index in [9.17, 15) is 9.59 Å². The number of methoxy groups -OCH3 is 1. The van der Waals surface area contributed by atoms with Crippen LogP contribution in [0.2, 0.25) is 0 Å². The molecule has 5 heteroatoms. The molecule has 0 N–H and O–H groups in total.